The number of aromatic nitrogens is 2. The van der Waals surface area contributed by atoms with Gasteiger partial charge in [-0.2, -0.15) is 18.3 Å². The van der Waals surface area contributed by atoms with Crippen LogP contribution in [0.3, 0.4) is 0 Å². The zero-order chi connectivity index (χ0) is 18.0. The molecule has 0 aliphatic heterocycles. The van der Waals surface area contributed by atoms with Crippen LogP contribution in [0.5, 0.6) is 0 Å². The third kappa shape index (κ3) is 8.81. The topological polar surface area (TPSA) is 95.7 Å². The molecule has 1 atom stereocenters. The molecule has 132 valence electrons. The summed E-state index contributed by atoms with van der Waals surface area (Å²) < 4.78 is 33.6. The average molecular weight is 339 g/mol. The second-order valence-corrected chi connectivity index (χ2v) is 4.67. The quantitative estimate of drug-likeness (QED) is 0.785. The summed E-state index contributed by atoms with van der Waals surface area (Å²) in [6.45, 7) is 3.49. The fraction of sp³-hybridized carbons (Fsp3) is 0.615. The molecule has 1 unspecified atom stereocenters. The molecule has 0 aliphatic rings. The van der Waals surface area contributed by atoms with Gasteiger partial charge in [-0.25, -0.2) is 4.79 Å². The molecule has 0 aromatic carbocycles. The molecule has 0 saturated heterocycles. The second-order valence-electron chi connectivity index (χ2n) is 4.67. The molecule has 0 bridgehead atoms. The number of aliphatic carboxylic acids is 2. The van der Waals surface area contributed by atoms with Crippen LogP contribution >= 0.6 is 0 Å². The molecule has 1 aromatic rings. The minimum Gasteiger partial charge on any atom is -0.480 e. The smallest absolute Gasteiger partial charge is 0.480 e. The molecule has 1 rings (SSSR count). The number of carbonyl (C=O) groups is 2. The van der Waals surface area contributed by atoms with E-state index in [1.54, 1.807) is 6.20 Å². The van der Waals surface area contributed by atoms with Crippen LogP contribution in [0.1, 0.15) is 19.8 Å². The van der Waals surface area contributed by atoms with E-state index in [0.29, 0.717) is 6.42 Å². The van der Waals surface area contributed by atoms with Crippen LogP contribution in [0.4, 0.5) is 13.2 Å². The Morgan fingerprint density at radius 3 is 2.26 bits per heavy atom. The molecular formula is C13H20F3N3O4. The maximum Gasteiger partial charge on any atom is 0.490 e. The van der Waals surface area contributed by atoms with E-state index >= 15 is 0 Å². The maximum absolute atomic E-state index is 10.9. The molecule has 10 heteroatoms. The van der Waals surface area contributed by atoms with E-state index in [1.165, 1.54) is 0 Å². The molecule has 7 nitrogen and oxygen atoms in total. The highest BCUT2D eigenvalue weighted by Gasteiger charge is 2.38. The van der Waals surface area contributed by atoms with Crippen molar-refractivity contribution >= 4 is 11.9 Å². The molecule has 1 heterocycles. The molecule has 23 heavy (non-hydrogen) atoms. The zero-order valence-electron chi connectivity index (χ0n) is 12.8. The monoisotopic (exact) mass is 339 g/mol. The van der Waals surface area contributed by atoms with E-state index in [0.717, 1.165) is 19.5 Å². The van der Waals surface area contributed by atoms with E-state index in [4.69, 9.17) is 15.0 Å². The van der Waals surface area contributed by atoms with Crippen molar-refractivity contribution in [1.29, 1.82) is 0 Å². The molecule has 1 aromatic heterocycles. The van der Waals surface area contributed by atoms with E-state index in [1.807, 2.05) is 35.8 Å². The molecule has 2 N–H and O–H groups in total. The number of likely N-dealkylation sites (N-methyl/N-ethyl adjacent to an activating group) is 1. The highest BCUT2D eigenvalue weighted by atomic mass is 19.4. The van der Waals surface area contributed by atoms with Crippen molar-refractivity contribution < 1.29 is 33.0 Å². The highest BCUT2D eigenvalue weighted by Crippen LogP contribution is 2.13. The van der Waals surface area contributed by atoms with Gasteiger partial charge in [0.25, 0.3) is 0 Å². The molecule has 0 spiro atoms. The van der Waals surface area contributed by atoms with Gasteiger partial charge >= 0.3 is 18.1 Å². The van der Waals surface area contributed by atoms with Crippen molar-refractivity contribution in [2.24, 2.45) is 0 Å². The zero-order valence-corrected chi connectivity index (χ0v) is 12.8. The molecule has 0 fully saturated rings. The van der Waals surface area contributed by atoms with Crippen molar-refractivity contribution in [1.82, 2.24) is 14.7 Å². The number of carboxylic acid groups (broad SMARTS) is 2. The standard InChI is InChI=1S/C11H19N3O2.C2HF3O2/c1-3-10(11(15)16)13(2)7-5-9-14-8-4-6-12-14;3-2(4,5)1(6)7/h4,6,8,10H,3,5,7,9H2,1-2H3,(H,15,16);(H,6,7). The third-order valence-corrected chi connectivity index (χ3v) is 2.90. The van der Waals surface area contributed by atoms with Crippen molar-refractivity contribution in [3.05, 3.63) is 18.5 Å². The lowest BCUT2D eigenvalue weighted by atomic mass is 10.2. The largest absolute Gasteiger partial charge is 0.490 e. The van der Waals surface area contributed by atoms with Crippen molar-refractivity contribution in [3.8, 4) is 0 Å². The van der Waals surface area contributed by atoms with Gasteiger partial charge in [0.1, 0.15) is 6.04 Å². The molecule has 0 aliphatic carbocycles. The second kappa shape index (κ2) is 9.82. The Morgan fingerprint density at radius 2 is 1.91 bits per heavy atom. The first kappa shape index (κ1) is 20.9. The van der Waals surface area contributed by atoms with Gasteiger partial charge in [-0.3, -0.25) is 14.4 Å². The van der Waals surface area contributed by atoms with E-state index in [-0.39, 0.29) is 6.04 Å². The van der Waals surface area contributed by atoms with Gasteiger partial charge in [-0.05, 0) is 26.0 Å². The fourth-order valence-corrected chi connectivity index (χ4v) is 1.75. The lowest BCUT2D eigenvalue weighted by Gasteiger charge is -2.23. The van der Waals surface area contributed by atoms with Gasteiger partial charge < -0.3 is 10.2 Å². The Morgan fingerprint density at radius 1 is 1.35 bits per heavy atom. The Bertz CT molecular complexity index is 477. The predicted octanol–water partition coefficient (Wildman–Crippen LogP) is 1.70. The minimum absolute atomic E-state index is 0.377. The van der Waals surface area contributed by atoms with Gasteiger partial charge in [0.05, 0.1) is 0 Å². The number of hydrogen-bond acceptors (Lipinski definition) is 4. The van der Waals surface area contributed by atoms with Gasteiger partial charge in [0.15, 0.2) is 0 Å². The third-order valence-electron chi connectivity index (χ3n) is 2.90. The molecule has 0 radical (unpaired) electrons. The summed E-state index contributed by atoms with van der Waals surface area (Å²) in [5, 5.41) is 20.2. The summed E-state index contributed by atoms with van der Waals surface area (Å²) in [6.07, 6.45) is 0.111. The Balaban J connectivity index is 0.000000585. The number of rotatable bonds is 7. The lowest BCUT2D eigenvalue weighted by molar-refractivity contribution is -0.192. The summed E-state index contributed by atoms with van der Waals surface area (Å²) in [5.74, 6) is -3.50. The summed E-state index contributed by atoms with van der Waals surface area (Å²) >= 11 is 0. The van der Waals surface area contributed by atoms with Crippen LogP contribution in [0.25, 0.3) is 0 Å². The number of alkyl halides is 3. The Kier molecular flexibility index (Phi) is 8.93. The van der Waals surface area contributed by atoms with Crippen molar-refractivity contribution in [2.75, 3.05) is 13.6 Å². The van der Waals surface area contributed by atoms with Crippen LogP contribution < -0.4 is 0 Å². The summed E-state index contributed by atoms with van der Waals surface area (Å²) in [6, 6.07) is 1.51. The molecule has 0 amide bonds. The SMILES string of the molecule is CCC(C(=O)O)N(C)CCCn1cccn1.O=C(O)C(F)(F)F. The predicted molar refractivity (Wildman–Crippen MR) is 74.9 cm³/mol. The first-order chi connectivity index (χ1) is 10.6. The normalized spacial score (nSPS) is 12.4. The summed E-state index contributed by atoms with van der Waals surface area (Å²) in [5.41, 5.74) is 0. The summed E-state index contributed by atoms with van der Waals surface area (Å²) in [7, 11) is 1.85. The van der Waals surface area contributed by atoms with E-state index < -0.39 is 18.1 Å². The average Bonchev–Trinajstić information content (AvgIpc) is 2.91. The molecular weight excluding hydrogens is 319 g/mol. The van der Waals surface area contributed by atoms with Gasteiger partial charge in [0.2, 0.25) is 0 Å². The summed E-state index contributed by atoms with van der Waals surface area (Å²) in [4.78, 5) is 21.7. The first-order valence-corrected chi connectivity index (χ1v) is 6.80. The fourth-order valence-electron chi connectivity index (χ4n) is 1.75. The van der Waals surface area contributed by atoms with Crippen LogP contribution in [0.15, 0.2) is 18.5 Å². The first-order valence-electron chi connectivity index (χ1n) is 6.80. The van der Waals surface area contributed by atoms with Crippen molar-refractivity contribution in [2.45, 2.75) is 38.5 Å². The van der Waals surface area contributed by atoms with Crippen LogP contribution in [0.2, 0.25) is 0 Å². The van der Waals surface area contributed by atoms with Gasteiger partial charge in [-0.15, -0.1) is 0 Å². The maximum atomic E-state index is 10.9. The number of hydrogen-bond donors (Lipinski definition) is 2. The highest BCUT2D eigenvalue weighted by molar-refractivity contribution is 5.73. The Labute approximate surface area is 131 Å². The number of carboxylic acids is 2. The van der Waals surface area contributed by atoms with Crippen LogP contribution in [0, 0.1) is 0 Å². The van der Waals surface area contributed by atoms with Crippen LogP contribution in [-0.2, 0) is 16.1 Å². The van der Waals surface area contributed by atoms with Gasteiger partial charge in [0, 0.05) is 25.5 Å². The Hall–Kier alpha value is -2.10. The minimum atomic E-state index is -5.08. The lowest BCUT2D eigenvalue weighted by Crippen LogP contribution is -2.38. The van der Waals surface area contributed by atoms with Crippen LogP contribution in [-0.4, -0.2) is 62.6 Å². The molecule has 0 saturated carbocycles. The van der Waals surface area contributed by atoms with E-state index in [9.17, 15) is 18.0 Å². The number of nitrogens with zero attached hydrogens (tertiary/aromatic N) is 3. The van der Waals surface area contributed by atoms with Crippen molar-refractivity contribution in [3.63, 3.8) is 0 Å². The van der Waals surface area contributed by atoms with Gasteiger partial charge in [-0.1, -0.05) is 6.92 Å². The number of aryl methyl sites for hydroxylation is 1. The van der Waals surface area contributed by atoms with E-state index in [2.05, 4.69) is 5.10 Å². The number of halogens is 3.